The molecule has 0 atom stereocenters. The van der Waals surface area contributed by atoms with E-state index in [0.29, 0.717) is 16.7 Å². The summed E-state index contributed by atoms with van der Waals surface area (Å²) in [6.45, 7) is 1.79. The largest absolute Gasteiger partial charge is 0.419 e. The lowest BCUT2D eigenvalue weighted by Gasteiger charge is -2.13. The molecule has 0 radical (unpaired) electrons. The van der Waals surface area contributed by atoms with Crippen LogP contribution >= 0.6 is 0 Å². The van der Waals surface area contributed by atoms with Gasteiger partial charge in [0.25, 0.3) is 0 Å². The van der Waals surface area contributed by atoms with Gasteiger partial charge in [0.05, 0.1) is 11.1 Å². The summed E-state index contributed by atoms with van der Waals surface area (Å²) in [6.07, 6.45) is 0. The molecule has 0 saturated carbocycles. The topological polar surface area (TPSA) is 52.6 Å². The van der Waals surface area contributed by atoms with E-state index in [0.717, 1.165) is 0 Å². The third-order valence-corrected chi connectivity index (χ3v) is 3.59. The molecular weight excluding hydrogens is 316 g/mol. The van der Waals surface area contributed by atoms with Crippen LogP contribution in [0.1, 0.15) is 26.3 Å². The van der Waals surface area contributed by atoms with E-state index in [-0.39, 0.29) is 11.5 Å². The summed E-state index contributed by atoms with van der Waals surface area (Å²) in [5.41, 5.74) is 1.54. The summed E-state index contributed by atoms with van der Waals surface area (Å²) >= 11 is 0. The lowest BCUT2D eigenvalue weighted by Crippen LogP contribution is -2.13. The van der Waals surface area contributed by atoms with E-state index in [1.165, 1.54) is 0 Å². The number of ether oxygens (including phenoxy) is 2. The van der Waals surface area contributed by atoms with Crippen LogP contribution in [0.15, 0.2) is 78.9 Å². The summed E-state index contributed by atoms with van der Waals surface area (Å²) in [5, 5.41) is 0. The molecule has 0 aliphatic carbocycles. The third-order valence-electron chi connectivity index (χ3n) is 3.59. The Morgan fingerprint density at radius 3 is 1.72 bits per heavy atom. The van der Waals surface area contributed by atoms with Crippen molar-refractivity contribution >= 4 is 11.9 Å². The van der Waals surface area contributed by atoms with Crippen molar-refractivity contribution in [3.63, 3.8) is 0 Å². The minimum atomic E-state index is -0.511. The first kappa shape index (κ1) is 16.5. The molecule has 0 aliphatic heterocycles. The Bertz CT molecular complexity index is 886. The summed E-state index contributed by atoms with van der Waals surface area (Å²) in [4.78, 5) is 24.6. The smallest absolute Gasteiger partial charge is 0.343 e. The molecular formula is C21H16O4. The van der Waals surface area contributed by atoms with Crippen LogP contribution in [0.25, 0.3) is 0 Å². The maximum Gasteiger partial charge on any atom is 0.343 e. The highest BCUT2D eigenvalue weighted by Crippen LogP contribution is 2.32. The number of hydrogen-bond acceptors (Lipinski definition) is 4. The zero-order valence-electron chi connectivity index (χ0n) is 13.6. The highest BCUT2D eigenvalue weighted by molar-refractivity contribution is 5.93. The van der Waals surface area contributed by atoms with E-state index in [1.54, 1.807) is 73.7 Å². The summed E-state index contributed by atoms with van der Waals surface area (Å²) in [6, 6.07) is 22.4. The molecule has 0 aliphatic rings. The maximum absolute atomic E-state index is 12.3. The number of carbonyl (C=O) groups is 2. The second kappa shape index (κ2) is 7.45. The number of rotatable bonds is 4. The van der Waals surface area contributed by atoms with E-state index in [1.807, 2.05) is 12.1 Å². The van der Waals surface area contributed by atoms with Gasteiger partial charge in [-0.25, -0.2) is 9.59 Å². The van der Waals surface area contributed by atoms with Gasteiger partial charge in [0.1, 0.15) is 0 Å². The number of carbonyl (C=O) groups excluding carboxylic acids is 2. The molecule has 25 heavy (non-hydrogen) atoms. The van der Waals surface area contributed by atoms with Crippen LogP contribution in [0.2, 0.25) is 0 Å². The second-order valence-corrected chi connectivity index (χ2v) is 5.41. The lowest BCUT2D eigenvalue weighted by molar-refractivity contribution is 0.0681. The predicted octanol–water partition coefficient (Wildman–Crippen LogP) is 4.43. The lowest BCUT2D eigenvalue weighted by atomic mass is 10.2. The second-order valence-electron chi connectivity index (χ2n) is 5.41. The van der Waals surface area contributed by atoms with Crippen molar-refractivity contribution in [2.75, 3.05) is 0 Å². The van der Waals surface area contributed by atoms with Crippen LogP contribution in [0.4, 0.5) is 0 Å². The molecule has 0 unspecified atom stereocenters. The van der Waals surface area contributed by atoms with E-state index >= 15 is 0 Å². The molecule has 0 fully saturated rings. The van der Waals surface area contributed by atoms with Crippen LogP contribution < -0.4 is 9.47 Å². The Labute approximate surface area is 145 Å². The van der Waals surface area contributed by atoms with Gasteiger partial charge in [-0.15, -0.1) is 0 Å². The van der Waals surface area contributed by atoms with Crippen LogP contribution in [0, 0.1) is 6.92 Å². The van der Waals surface area contributed by atoms with Gasteiger partial charge in [-0.3, -0.25) is 0 Å². The number of esters is 2. The minimum absolute atomic E-state index is 0.207. The van der Waals surface area contributed by atoms with Crippen molar-refractivity contribution in [1.29, 1.82) is 0 Å². The summed E-state index contributed by atoms with van der Waals surface area (Å²) in [7, 11) is 0. The molecule has 0 saturated heterocycles. The molecule has 3 aromatic rings. The quantitative estimate of drug-likeness (QED) is 0.524. The molecule has 4 heteroatoms. The van der Waals surface area contributed by atoms with Crippen molar-refractivity contribution < 1.29 is 19.1 Å². The zero-order chi connectivity index (χ0) is 17.6. The van der Waals surface area contributed by atoms with Gasteiger partial charge < -0.3 is 9.47 Å². The highest BCUT2D eigenvalue weighted by Gasteiger charge is 2.17. The van der Waals surface area contributed by atoms with Crippen molar-refractivity contribution in [2.24, 2.45) is 0 Å². The first-order valence-electron chi connectivity index (χ1n) is 7.79. The molecule has 0 spiro atoms. The van der Waals surface area contributed by atoms with Gasteiger partial charge in [-0.05, 0) is 42.8 Å². The van der Waals surface area contributed by atoms with Crippen LogP contribution in [0.5, 0.6) is 11.5 Å². The predicted molar refractivity (Wildman–Crippen MR) is 94.0 cm³/mol. The van der Waals surface area contributed by atoms with Crippen molar-refractivity contribution in [1.82, 2.24) is 0 Å². The first-order chi connectivity index (χ1) is 12.1. The van der Waals surface area contributed by atoms with E-state index < -0.39 is 11.9 Å². The van der Waals surface area contributed by atoms with Crippen LogP contribution in [-0.4, -0.2) is 11.9 Å². The molecule has 4 nitrogen and oxygen atoms in total. The fourth-order valence-electron chi connectivity index (χ4n) is 2.30. The SMILES string of the molecule is Cc1cccc(OC(=O)c2ccccc2)c1OC(=O)c1ccccc1. The average molecular weight is 332 g/mol. The van der Waals surface area contributed by atoms with E-state index in [9.17, 15) is 9.59 Å². The van der Waals surface area contributed by atoms with Gasteiger partial charge in [-0.1, -0.05) is 48.5 Å². The Balaban J connectivity index is 1.85. The standard InChI is InChI=1S/C21H16O4/c1-15-9-8-14-18(24-20(22)16-10-4-2-5-11-16)19(15)25-21(23)17-12-6-3-7-13-17/h2-14H,1H3. The Kier molecular flexibility index (Phi) is 4.90. The Morgan fingerprint density at radius 2 is 1.16 bits per heavy atom. The number of para-hydroxylation sites is 1. The Hall–Kier alpha value is -3.40. The summed E-state index contributed by atoms with van der Waals surface area (Å²) in [5.74, 6) is -0.575. The molecule has 0 bridgehead atoms. The fourth-order valence-corrected chi connectivity index (χ4v) is 2.30. The van der Waals surface area contributed by atoms with Gasteiger partial charge in [0.15, 0.2) is 11.5 Å². The molecule has 0 N–H and O–H groups in total. The van der Waals surface area contributed by atoms with Gasteiger partial charge in [-0.2, -0.15) is 0 Å². The maximum atomic E-state index is 12.3. The van der Waals surface area contributed by atoms with E-state index in [2.05, 4.69) is 0 Å². The summed E-state index contributed by atoms with van der Waals surface area (Å²) < 4.78 is 10.9. The molecule has 0 amide bonds. The number of hydrogen-bond donors (Lipinski definition) is 0. The van der Waals surface area contributed by atoms with Crippen molar-refractivity contribution in [3.05, 3.63) is 95.6 Å². The third kappa shape index (κ3) is 3.93. The first-order valence-corrected chi connectivity index (χ1v) is 7.79. The van der Waals surface area contributed by atoms with E-state index in [4.69, 9.17) is 9.47 Å². The monoisotopic (exact) mass is 332 g/mol. The molecule has 3 rings (SSSR count). The molecule has 124 valence electrons. The minimum Gasteiger partial charge on any atom is -0.419 e. The number of benzene rings is 3. The number of aryl methyl sites for hydroxylation is 1. The van der Waals surface area contributed by atoms with Crippen molar-refractivity contribution in [2.45, 2.75) is 6.92 Å². The van der Waals surface area contributed by atoms with Crippen molar-refractivity contribution in [3.8, 4) is 11.5 Å². The molecule has 3 aromatic carbocycles. The average Bonchev–Trinajstić information content (AvgIpc) is 2.66. The molecule has 0 heterocycles. The van der Waals surface area contributed by atoms with Crippen LogP contribution in [-0.2, 0) is 0 Å². The van der Waals surface area contributed by atoms with Gasteiger partial charge in [0, 0.05) is 0 Å². The van der Waals surface area contributed by atoms with Crippen LogP contribution in [0.3, 0.4) is 0 Å². The normalized spacial score (nSPS) is 10.1. The van der Waals surface area contributed by atoms with Gasteiger partial charge >= 0.3 is 11.9 Å². The van der Waals surface area contributed by atoms with Gasteiger partial charge in [0.2, 0.25) is 0 Å². The Morgan fingerprint density at radius 1 is 0.640 bits per heavy atom. The highest BCUT2D eigenvalue weighted by atomic mass is 16.6. The molecule has 0 aromatic heterocycles. The fraction of sp³-hybridized carbons (Fsp3) is 0.0476. The zero-order valence-corrected chi connectivity index (χ0v) is 13.6.